The van der Waals surface area contributed by atoms with Crippen LogP contribution in [-0.2, 0) is 9.59 Å². The lowest BCUT2D eigenvalue weighted by Gasteiger charge is -2.10. The Kier molecular flexibility index (Phi) is 5.27. The lowest BCUT2D eigenvalue weighted by atomic mass is 10.2. The quantitative estimate of drug-likeness (QED) is 0.820. The van der Waals surface area contributed by atoms with Gasteiger partial charge in [-0.3, -0.25) is 9.59 Å². The summed E-state index contributed by atoms with van der Waals surface area (Å²) in [7, 11) is 3.06. The van der Waals surface area contributed by atoms with E-state index in [4.69, 9.17) is 14.7 Å². The second-order valence-electron chi connectivity index (χ2n) is 6.19. The molecule has 0 aliphatic heterocycles. The van der Waals surface area contributed by atoms with Crippen molar-refractivity contribution in [1.82, 2.24) is 0 Å². The minimum absolute atomic E-state index is 0.215. The zero-order chi connectivity index (χ0) is 19.4. The molecule has 3 rings (SSSR count). The van der Waals surface area contributed by atoms with Gasteiger partial charge in [0.1, 0.15) is 0 Å². The fourth-order valence-corrected chi connectivity index (χ4v) is 2.82. The number of nitrogens with zero attached hydrogens (tertiary/aromatic N) is 1. The van der Waals surface area contributed by atoms with Crippen molar-refractivity contribution in [3.05, 3.63) is 48.0 Å². The molecule has 0 aromatic heterocycles. The topological polar surface area (TPSA) is 100 Å². The van der Waals surface area contributed by atoms with Gasteiger partial charge in [-0.15, -0.1) is 0 Å². The smallest absolute Gasteiger partial charge is 0.228 e. The van der Waals surface area contributed by atoms with Crippen LogP contribution in [0.4, 0.5) is 11.4 Å². The second kappa shape index (κ2) is 7.79. The number of carbonyl (C=O) groups excluding carboxylic acids is 2. The summed E-state index contributed by atoms with van der Waals surface area (Å²) in [6, 6.07) is 13.8. The van der Waals surface area contributed by atoms with E-state index in [1.165, 1.54) is 14.2 Å². The third-order valence-corrected chi connectivity index (χ3v) is 4.37. The molecule has 7 heteroatoms. The number of amides is 2. The molecule has 2 N–H and O–H groups in total. The first-order valence-corrected chi connectivity index (χ1v) is 8.39. The molecule has 1 aliphatic rings. The number of carbonyl (C=O) groups is 2. The van der Waals surface area contributed by atoms with Crippen LogP contribution in [0.3, 0.4) is 0 Å². The van der Waals surface area contributed by atoms with Gasteiger partial charge in [0.15, 0.2) is 11.5 Å². The van der Waals surface area contributed by atoms with Gasteiger partial charge in [-0.25, -0.2) is 0 Å². The van der Waals surface area contributed by atoms with E-state index >= 15 is 0 Å². The monoisotopic (exact) mass is 365 g/mol. The number of nitrogens with one attached hydrogen (secondary N) is 2. The van der Waals surface area contributed by atoms with Gasteiger partial charge in [-0.05, 0) is 36.8 Å². The van der Waals surface area contributed by atoms with Crippen LogP contribution in [0.2, 0.25) is 0 Å². The maximum Gasteiger partial charge on any atom is 0.228 e. The molecule has 2 aromatic carbocycles. The molecule has 0 heterocycles. The Morgan fingerprint density at radius 3 is 2.19 bits per heavy atom. The molecule has 2 atom stereocenters. The van der Waals surface area contributed by atoms with Gasteiger partial charge in [0.2, 0.25) is 11.8 Å². The van der Waals surface area contributed by atoms with E-state index in [-0.39, 0.29) is 23.7 Å². The summed E-state index contributed by atoms with van der Waals surface area (Å²) in [5, 5.41) is 14.5. The van der Waals surface area contributed by atoms with Gasteiger partial charge in [0.05, 0.1) is 37.7 Å². The number of benzene rings is 2. The van der Waals surface area contributed by atoms with E-state index < -0.39 is 0 Å². The second-order valence-corrected chi connectivity index (χ2v) is 6.19. The highest BCUT2D eigenvalue weighted by Crippen LogP contribution is 2.40. The number of hydrogen-bond acceptors (Lipinski definition) is 5. The van der Waals surface area contributed by atoms with Crippen molar-refractivity contribution in [2.24, 2.45) is 11.8 Å². The molecule has 0 radical (unpaired) electrons. The number of anilines is 2. The van der Waals surface area contributed by atoms with Gasteiger partial charge in [0.25, 0.3) is 0 Å². The lowest BCUT2D eigenvalue weighted by Crippen LogP contribution is -2.20. The first kappa shape index (κ1) is 18.3. The van der Waals surface area contributed by atoms with E-state index in [1.54, 1.807) is 42.5 Å². The van der Waals surface area contributed by atoms with Crippen molar-refractivity contribution in [3.8, 4) is 17.6 Å². The number of ether oxygens (including phenoxy) is 2. The molecule has 2 unspecified atom stereocenters. The highest BCUT2D eigenvalue weighted by Gasteiger charge is 2.48. The molecule has 1 fully saturated rings. The van der Waals surface area contributed by atoms with Crippen molar-refractivity contribution >= 4 is 23.2 Å². The van der Waals surface area contributed by atoms with Crippen molar-refractivity contribution in [2.75, 3.05) is 24.9 Å². The Balaban J connectivity index is 1.58. The SMILES string of the molecule is COc1ccc(NC(=O)C2CC2C(=O)Nc2cccc(C#N)c2)cc1OC. The van der Waals surface area contributed by atoms with E-state index in [0.29, 0.717) is 34.9 Å². The fourth-order valence-electron chi connectivity index (χ4n) is 2.82. The molecule has 7 nitrogen and oxygen atoms in total. The standard InChI is InChI=1S/C20H19N3O4/c1-26-17-7-6-14(9-18(17)27-2)23-20(25)16-10-15(16)19(24)22-13-5-3-4-12(8-13)11-21/h3-9,15-16H,10H2,1-2H3,(H,22,24)(H,23,25). The Bertz CT molecular complexity index is 920. The third-order valence-electron chi connectivity index (χ3n) is 4.37. The predicted octanol–water partition coefficient (Wildman–Crippen LogP) is 2.79. The van der Waals surface area contributed by atoms with E-state index in [0.717, 1.165) is 0 Å². The summed E-state index contributed by atoms with van der Waals surface area (Å²) in [6.07, 6.45) is 0.489. The summed E-state index contributed by atoms with van der Waals surface area (Å²) in [6.45, 7) is 0. The molecule has 1 aliphatic carbocycles. The summed E-state index contributed by atoms with van der Waals surface area (Å²) < 4.78 is 10.4. The van der Waals surface area contributed by atoms with Gasteiger partial charge in [-0.1, -0.05) is 6.07 Å². The summed E-state index contributed by atoms with van der Waals surface area (Å²) in [5.41, 5.74) is 1.58. The predicted molar refractivity (Wildman–Crippen MR) is 99.6 cm³/mol. The number of rotatable bonds is 6. The number of methoxy groups -OCH3 is 2. The summed E-state index contributed by atoms with van der Waals surface area (Å²) in [5.74, 6) is -0.115. The molecule has 0 spiro atoms. The van der Waals surface area contributed by atoms with Crippen LogP contribution in [-0.4, -0.2) is 26.0 Å². The largest absolute Gasteiger partial charge is 0.493 e. The molecule has 138 valence electrons. The minimum atomic E-state index is -0.379. The van der Waals surface area contributed by atoms with E-state index in [2.05, 4.69) is 10.6 Å². The minimum Gasteiger partial charge on any atom is -0.493 e. The summed E-state index contributed by atoms with van der Waals surface area (Å²) in [4.78, 5) is 24.7. The Labute approximate surface area is 156 Å². The van der Waals surface area contributed by atoms with Crippen LogP contribution in [0.1, 0.15) is 12.0 Å². The van der Waals surface area contributed by atoms with E-state index in [9.17, 15) is 9.59 Å². The third kappa shape index (κ3) is 4.18. The van der Waals surface area contributed by atoms with Crippen LogP contribution in [0.25, 0.3) is 0 Å². The van der Waals surface area contributed by atoms with E-state index in [1.807, 2.05) is 6.07 Å². The average molecular weight is 365 g/mol. The Morgan fingerprint density at radius 2 is 1.59 bits per heavy atom. The Morgan fingerprint density at radius 1 is 0.963 bits per heavy atom. The molecular weight excluding hydrogens is 346 g/mol. The number of nitriles is 1. The van der Waals surface area contributed by atoms with Crippen LogP contribution >= 0.6 is 0 Å². The van der Waals surface area contributed by atoms with Crippen LogP contribution in [0.15, 0.2) is 42.5 Å². The maximum absolute atomic E-state index is 12.4. The fraction of sp³-hybridized carbons (Fsp3) is 0.250. The van der Waals surface area contributed by atoms with Crippen molar-refractivity contribution < 1.29 is 19.1 Å². The lowest BCUT2D eigenvalue weighted by molar-refractivity contribution is -0.122. The van der Waals surface area contributed by atoms with Gasteiger partial charge >= 0.3 is 0 Å². The van der Waals surface area contributed by atoms with Gasteiger partial charge < -0.3 is 20.1 Å². The first-order chi connectivity index (χ1) is 13.0. The van der Waals surface area contributed by atoms with Crippen LogP contribution in [0, 0.1) is 23.2 Å². The van der Waals surface area contributed by atoms with Crippen molar-refractivity contribution in [1.29, 1.82) is 5.26 Å². The van der Waals surface area contributed by atoms with Crippen LogP contribution in [0.5, 0.6) is 11.5 Å². The van der Waals surface area contributed by atoms with Crippen LogP contribution < -0.4 is 20.1 Å². The molecule has 2 aromatic rings. The highest BCUT2D eigenvalue weighted by atomic mass is 16.5. The highest BCUT2D eigenvalue weighted by molar-refractivity contribution is 6.03. The summed E-state index contributed by atoms with van der Waals surface area (Å²) >= 11 is 0. The molecule has 27 heavy (non-hydrogen) atoms. The normalized spacial score (nSPS) is 17.4. The molecule has 2 amide bonds. The maximum atomic E-state index is 12.4. The zero-order valence-electron chi connectivity index (χ0n) is 15.0. The molecule has 1 saturated carbocycles. The molecule has 0 saturated heterocycles. The number of hydrogen-bond donors (Lipinski definition) is 2. The Hall–Kier alpha value is -3.53. The zero-order valence-corrected chi connectivity index (χ0v) is 15.0. The molecular formula is C20H19N3O4. The van der Waals surface area contributed by atoms with Gasteiger partial charge in [0, 0.05) is 17.4 Å². The van der Waals surface area contributed by atoms with Crippen molar-refractivity contribution in [3.63, 3.8) is 0 Å². The molecule has 0 bridgehead atoms. The van der Waals surface area contributed by atoms with Gasteiger partial charge in [-0.2, -0.15) is 5.26 Å². The first-order valence-electron chi connectivity index (χ1n) is 8.39. The van der Waals surface area contributed by atoms with Crippen molar-refractivity contribution in [2.45, 2.75) is 6.42 Å². The average Bonchev–Trinajstić information content (AvgIpc) is 3.49.